The quantitative estimate of drug-likeness (QED) is 0.308. The molecule has 4 aliphatic heterocycles. The number of allylic oxidation sites excluding steroid dienone is 3. The summed E-state index contributed by atoms with van der Waals surface area (Å²) >= 11 is 0. The molecule has 0 aliphatic carbocycles. The van der Waals surface area contributed by atoms with Crippen LogP contribution in [-0.2, 0) is 4.79 Å². The van der Waals surface area contributed by atoms with Gasteiger partial charge in [0.15, 0.2) is 11.6 Å². The fourth-order valence-electron chi connectivity index (χ4n) is 7.06. The predicted molar refractivity (Wildman–Crippen MR) is 197 cm³/mol. The molecule has 2 aromatic rings. The van der Waals surface area contributed by atoms with Crippen LogP contribution in [0.15, 0.2) is 54.9 Å². The number of pyridine rings is 1. The number of anilines is 4. The van der Waals surface area contributed by atoms with Gasteiger partial charge in [-0.1, -0.05) is 33.4 Å². The summed E-state index contributed by atoms with van der Waals surface area (Å²) in [4.78, 5) is 24.8. The molecule has 0 saturated carbocycles. The number of fused-ring (bicyclic) bond motifs is 1. The van der Waals surface area contributed by atoms with Gasteiger partial charge in [0.1, 0.15) is 17.9 Å². The Morgan fingerprint density at radius 1 is 0.958 bits per heavy atom. The first kappa shape index (κ1) is 37.1. The molecule has 1 atom stereocenters. The van der Waals surface area contributed by atoms with E-state index >= 15 is 8.78 Å². The maximum atomic E-state index is 15.6. The van der Waals surface area contributed by atoms with Gasteiger partial charge in [0.05, 0.1) is 5.69 Å². The van der Waals surface area contributed by atoms with Crippen LogP contribution in [0.1, 0.15) is 64.9 Å². The van der Waals surface area contributed by atoms with E-state index in [1.165, 1.54) is 12.5 Å². The van der Waals surface area contributed by atoms with Gasteiger partial charge in [0, 0.05) is 81.5 Å². The molecule has 3 saturated heterocycles. The molecule has 48 heavy (non-hydrogen) atoms. The van der Waals surface area contributed by atoms with Gasteiger partial charge >= 0.3 is 0 Å². The highest BCUT2D eigenvalue weighted by Gasteiger charge is 2.34. The molecule has 8 nitrogen and oxygen atoms in total. The fourth-order valence-corrected chi connectivity index (χ4v) is 7.06. The molecule has 4 aliphatic rings. The lowest BCUT2D eigenvalue weighted by Gasteiger charge is -2.39. The lowest BCUT2D eigenvalue weighted by molar-refractivity contribution is -0.106. The summed E-state index contributed by atoms with van der Waals surface area (Å²) in [6.45, 7) is 20.7. The van der Waals surface area contributed by atoms with Gasteiger partial charge in [0.25, 0.3) is 0 Å². The van der Waals surface area contributed by atoms with E-state index in [0.29, 0.717) is 17.5 Å². The van der Waals surface area contributed by atoms with Gasteiger partial charge in [0.2, 0.25) is 0 Å². The van der Waals surface area contributed by atoms with Gasteiger partial charge < -0.3 is 29.7 Å². The number of aromatic nitrogens is 1. The molecule has 0 bridgehead atoms. The molecule has 1 unspecified atom stereocenters. The summed E-state index contributed by atoms with van der Waals surface area (Å²) in [5, 5.41) is 2.75. The number of halogens is 2. The van der Waals surface area contributed by atoms with Gasteiger partial charge in [-0.05, 0) is 88.5 Å². The predicted octanol–water partition coefficient (Wildman–Crippen LogP) is 6.84. The van der Waals surface area contributed by atoms with E-state index in [1.54, 1.807) is 12.1 Å². The number of hydrogen-bond acceptors (Lipinski definition) is 8. The molecule has 0 spiro atoms. The first-order valence-electron chi connectivity index (χ1n) is 17.6. The molecule has 0 amide bonds. The van der Waals surface area contributed by atoms with Crippen molar-refractivity contribution >= 4 is 34.9 Å². The van der Waals surface area contributed by atoms with Crippen LogP contribution < -0.4 is 24.9 Å². The number of piperazine rings is 1. The van der Waals surface area contributed by atoms with Crippen molar-refractivity contribution in [3.05, 3.63) is 72.1 Å². The van der Waals surface area contributed by atoms with Crippen LogP contribution in [0, 0.1) is 11.6 Å². The molecule has 1 aromatic heterocycles. The van der Waals surface area contributed by atoms with Crippen LogP contribution in [0.5, 0.6) is 0 Å². The molecule has 10 heteroatoms. The first-order chi connectivity index (χ1) is 23.2. The Bertz CT molecular complexity index is 1450. The lowest BCUT2D eigenvalue weighted by Crippen LogP contribution is -2.51. The molecule has 3 fully saturated rings. The number of rotatable bonds is 8. The SMILES string of the molecule is C=C1C(CCC)=CN(CCC)c2nc(N3CCC(N4CCN(c5ccc(N6CCCC6=C)cc5F)CC4)C3)c(F)cc21.CC=O.CNC. The fraction of sp³-hybridized carbons (Fsp3) is 0.526. The Balaban J connectivity index is 0.000000808. The second-order valence-electron chi connectivity index (χ2n) is 12.8. The third-order valence-electron chi connectivity index (χ3n) is 9.32. The summed E-state index contributed by atoms with van der Waals surface area (Å²) in [6.07, 6.45) is 8.86. The first-order valence-corrected chi connectivity index (χ1v) is 17.6. The largest absolute Gasteiger partial charge is 0.367 e. The molecule has 1 aromatic carbocycles. The van der Waals surface area contributed by atoms with Crippen molar-refractivity contribution in [2.75, 3.05) is 86.1 Å². The summed E-state index contributed by atoms with van der Waals surface area (Å²) in [7, 11) is 3.75. The molecular weight excluding hydrogens is 608 g/mol. The second-order valence-corrected chi connectivity index (χ2v) is 12.8. The third-order valence-corrected chi connectivity index (χ3v) is 9.32. The Morgan fingerprint density at radius 2 is 1.67 bits per heavy atom. The molecule has 0 radical (unpaired) electrons. The van der Waals surface area contributed by atoms with Crippen molar-refractivity contribution in [1.29, 1.82) is 0 Å². The topological polar surface area (TPSA) is 58.2 Å². The van der Waals surface area contributed by atoms with Crippen molar-refractivity contribution in [3.8, 4) is 0 Å². The minimum absolute atomic E-state index is 0.168. The number of benzene rings is 1. The Labute approximate surface area is 286 Å². The average molecular weight is 664 g/mol. The van der Waals surface area contributed by atoms with Crippen LogP contribution >= 0.6 is 0 Å². The highest BCUT2D eigenvalue weighted by molar-refractivity contribution is 5.88. The van der Waals surface area contributed by atoms with Crippen LogP contribution in [0.2, 0.25) is 0 Å². The number of carbonyl (C=O) groups is 1. The third kappa shape index (κ3) is 8.44. The zero-order chi connectivity index (χ0) is 34.8. The second kappa shape index (κ2) is 17.6. The molecule has 5 heterocycles. The standard InChI is InChI=1S/C34H44F2N6.C2H7N.C2H4O/c1-5-8-26-22-40(13-6-2)33-29(25(26)4)21-31(36)34(37-33)41-15-12-28(23-41)38-16-18-39(19-17-38)32-11-10-27(20-30(32)35)42-14-7-9-24(42)3;1-3-2;1-2-3/h10-11,20-22,28H,3-9,12-19,23H2,1-2H3;3H,1-2H3;2H,1H3. The van der Waals surface area contributed by atoms with E-state index in [9.17, 15) is 0 Å². The monoisotopic (exact) mass is 663 g/mol. The lowest BCUT2D eigenvalue weighted by atomic mass is 9.94. The zero-order valence-corrected chi connectivity index (χ0v) is 29.7. The van der Waals surface area contributed by atoms with Crippen molar-refractivity contribution in [2.24, 2.45) is 0 Å². The van der Waals surface area contributed by atoms with Crippen LogP contribution in [-0.4, -0.2) is 88.7 Å². The van der Waals surface area contributed by atoms with E-state index in [0.717, 1.165) is 126 Å². The van der Waals surface area contributed by atoms with Crippen LogP contribution in [0.4, 0.5) is 31.8 Å². The van der Waals surface area contributed by atoms with Crippen molar-refractivity contribution in [1.82, 2.24) is 15.2 Å². The average Bonchev–Trinajstić information content (AvgIpc) is 3.74. The summed E-state index contributed by atoms with van der Waals surface area (Å²) in [5.74, 6) is 0.820. The Morgan fingerprint density at radius 3 is 2.27 bits per heavy atom. The number of nitrogens with one attached hydrogen (secondary N) is 1. The maximum Gasteiger partial charge on any atom is 0.167 e. The molecule has 6 rings (SSSR count). The molecule has 1 N–H and O–H groups in total. The van der Waals surface area contributed by atoms with Gasteiger partial charge in [-0.3, -0.25) is 4.90 Å². The number of hydrogen-bond donors (Lipinski definition) is 1. The number of nitrogens with zero attached hydrogens (tertiary/aromatic N) is 6. The van der Waals surface area contributed by atoms with Gasteiger partial charge in [-0.2, -0.15) is 0 Å². The Kier molecular flexibility index (Phi) is 13.6. The maximum absolute atomic E-state index is 15.6. The van der Waals surface area contributed by atoms with Crippen LogP contribution in [0.25, 0.3) is 5.57 Å². The highest BCUT2D eigenvalue weighted by Crippen LogP contribution is 2.40. The summed E-state index contributed by atoms with van der Waals surface area (Å²) in [6, 6.07) is 7.58. The van der Waals surface area contributed by atoms with E-state index in [2.05, 4.69) is 63.0 Å². The zero-order valence-electron chi connectivity index (χ0n) is 29.7. The van der Waals surface area contributed by atoms with E-state index in [-0.39, 0.29) is 11.6 Å². The van der Waals surface area contributed by atoms with E-state index < -0.39 is 0 Å². The molecule has 262 valence electrons. The Hall–Kier alpha value is -3.76. The van der Waals surface area contributed by atoms with Crippen LogP contribution in [0.3, 0.4) is 0 Å². The van der Waals surface area contributed by atoms with Crippen molar-refractivity contribution in [3.63, 3.8) is 0 Å². The van der Waals surface area contributed by atoms with Gasteiger partial charge in [-0.25, -0.2) is 13.8 Å². The normalized spacial score (nSPS) is 19.4. The van der Waals surface area contributed by atoms with Gasteiger partial charge in [-0.15, -0.1) is 0 Å². The molecular formula is C38H55F2N7O. The van der Waals surface area contributed by atoms with Crippen molar-refractivity contribution in [2.45, 2.75) is 65.3 Å². The van der Waals surface area contributed by atoms with E-state index in [1.807, 2.05) is 26.2 Å². The minimum atomic E-state index is -0.272. The highest BCUT2D eigenvalue weighted by atomic mass is 19.1. The number of carbonyl (C=O) groups excluding carboxylic acids is 1. The smallest absolute Gasteiger partial charge is 0.167 e. The number of aldehydes is 1. The summed E-state index contributed by atoms with van der Waals surface area (Å²) in [5.41, 5.74) is 5.50. The minimum Gasteiger partial charge on any atom is -0.367 e. The van der Waals surface area contributed by atoms with Crippen molar-refractivity contribution < 1.29 is 13.6 Å². The van der Waals surface area contributed by atoms with E-state index in [4.69, 9.17) is 9.78 Å². The summed E-state index contributed by atoms with van der Waals surface area (Å²) < 4.78 is 30.8.